The molecule has 0 aliphatic carbocycles. The van der Waals surface area contributed by atoms with Crippen molar-refractivity contribution < 1.29 is 14.5 Å². The number of quaternary nitrogens is 1. The Bertz CT molecular complexity index is 607. The summed E-state index contributed by atoms with van der Waals surface area (Å²) in [5, 5.41) is 3.05. The molecule has 1 aromatic carbocycles. The number of carbonyl (C=O) groups is 2. The summed E-state index contributed by atoms with van der Waals surface area (Å²) in [6, 6.07) is 9.68. The lowest BCUT2D eigenvalue weighted by atomic mass is 10.1. The van der Waals surface area contributed by atoms with Crippen molar-refractivity contribution in [3.05, 3.63) is 35.9 Å². The topological polar surface area (TPSA) is 53.9 Å². The van der Waals surface area contributed by atoms with Crippen LogP contribution in [0.25, 0.3) is 0 Å². The summed E-state index contributed by atoms with van der Waals surface area (Å²) in [7, 11) is 0. The average molecular weight is 393 g/mol. The molecule has 1 fully saturated rings. The molecule has 2 N–H and O–H groups in total. The number of carbonyl (C=O) groups excluding carboxylic acids is 2. The van der Waals surface area contributed by atoms with Crippen LogP contribution in [0.2, 0.25) is 0 Å². The summed E-state index contributed by atoms with van der Waals surface area (Å²) in [6.45, 7) is 11.5. The molecular formula is C21H34N3O2S+. The molecule has 1 heterocycles. The number of hydrogen-bond donors (Lipinski definition) is 2. The molecule has 1 aliphatic rings. The van der Waals surface area contributed by atoms with Gasteiger partial charge in [-0.2, -0.15) is 0 Å². The SMILES string of the molecule is CC[NH+](CC)CCC[C@H](C)NC(=O)[C@@H]1CS[C@H](c2ccccc2)N1C(C)=O. The molecule has 0 saturated carbocycles. The minimum Gasteiger partial charge on any atom is -0.352 e. The zero-order valence-electron chi connectivity index (χ0n) is 17.0. The van der Waals surface area contributed by atoms with E-state index in [1.165, 1.54) is 0 Å². The van der Waals surface area contributed by atoms with Gasteiger partial charge in [0.15, 0.2) is 0 Å². The minimum atomic E-state index is -0.395. The van der Waals surface area contributed by atoms with Gasteiger partial charge >= 0.3 is 0 Å². The van der Waals surface area contributed by atoms with Crippen molar-refractivity contribution >= 4 is 23.6 Å². The Labute approximate surface area is 167 Å². The molecule has 6 heteroatoms. The van der Waals surface area contributed by atoms with E-state index in [4.69, 9.17) is 0 Å². The minimum absolute atomic E-state index is 0.0289. The maximum Gasteiger partial charge on any atom is 0.243 e. The largest absolute Gasteiger partial charge is 0.352 e. The van der Waals surface area contributed by atoms with Gasteiger partial charge in [-0.3, -0.25) is 9.59 Å². The van der Waals surface area contributed by atoms with E-state index < -0.39 is 6.04 Å². The summed E-state index contributed by atoms with van der Waals surface area (Å²) in [5.74, 6) is 0.562. The van der Waals surface area contributed by atoms with Gasteiger partial charge in [0, 0.05) is 18.7 Å². The highest BCUT2D eigenvalue weighted by Crippen LogP contribution is 2.41. The van der Waals surface area contributed by atoms with Crippen LogP contribution in [0, 0.1) is 0 Å². The van der Waals surface area contributed by atoms with Gasteiger partial charge in [-0.25, -0.2) is 0 Å². The molecule has 27 heavy (non-hydrogen) atoms. The van der Waals surface area contributed by atoms with Crippen LogP contribution in [0.15, 0.2) is 30.3 Å². The van der Waals surface area contributed by atoms with Gasteiger partial charge in [-0.1, -0.05) is 30.3 Å². The molecular weight excluding hydrogens is 358 g/mol. The summed E-state index contributed by atoms with van der Waals surface area (Å²) in [6.07, 6.45) is 2.07. The zero-order valence-corrected chi connectivity index (χ0v) is 17.8. The molecule has 5 nitrogen and oxygen atoms in total. The summed E-state index contributed by atoms with van der Waals surface area (Å²) >= 11 is 1.66. The van der Waals surface area contributed by atoms with E-state index in [1.54, 1.807) is 28.5 Å². The van der Waals surface area contributed by atoms with E-state index in [-0.39, 0.29) is 23.2 Å². The van der Waals surface area contributed by atoms with Crippen molar-refractivity contribution in [3.63, 3.8) is 0 Å². The van der Waals surface area contributed by atoms with Crippen molar-refractivity contribution in [2.24, 2.45) is 0 Å². The van der Waals surface area contributed by atoms with Crippen molar-refractivity contribution in [1.82, 2.24) is 10.2 Å². The van der Waals surface area contributed by atoms with Crippen LogP contribution < -0.4 is 10.2 Å². The number of rotatable bonds is 9. The lowest BCUT2D eigenvalue weighted by molar-refractivity contribution is -0.896. The van der Waals surface area contributed by atoms with E-state index in [0.717, 1.165) is 38.0 Å². The summed E-state index contributed by atoms with van der Waals surface area (Å²) < 4.78 is 0. The molecule has 1 aliphatic heterocycles. The van der Waals surface area contributed by atoms with Crippen LogP contribution >= 0.6 is 11.8 Å². The van der Waals surface area contributed by atoms with Gasteiger partial charge < -0.3 is 15.1 Å². The monoisotopic (exact) mass is 392 g/mol. The first-order chi connectivity index (χ1) is 13.0. The normalized spacial score (nSPS) is 20.7. The molecule has 0 spiro atoms. The Kier molecular flexibility index (Phi) is 8.64. The highest BCUT2D eigenvalue weighted by Gasteiger charge is 2.41. The van der Waals surface area contributed by atoms with Crippen LogP contribution in [0.3, 0.4) is 0 Å². The number of benzene rings is 1. The fourth-order valence-electron chi connectivity index (χ4n) is 3.64. The quantitative estimate of drug-likeness (QED) is 0.674. The lowest BCUT2D eigenvalue weighted by Crippen LogP contribution is -3.11. The Hall–Kier alpha value is -1.53. The lowest BCUT2D eigenvalue weighted by Gasteiger charge is -2.28. The van der Waals surface area contributed by atoms with Gasteiger partial charge in [0.05, 0.1) is 19.6 Å². The van der Waals surface area contributed by atoms with Crippen molar-refractivity contribution in [1.29, 1.82) is 0 Å². The molecule has 3 atom stereocenters. The maximum atomic E-state index is 12.8. The van der Waals surface area contributed by atoms with E-state index in [0.29, 0.717) is 5.75 Å². The van der Waals surface area contributed by atoms with Gasteiger partial charge in [0.25, 0.3) is 0 Å². The van der Waals surface area contributed by atoms with Crippen LogP contribution in [-0.2, 0) is 9.59 Å². The van der Waals surface area contributed by atoms with Crippen LogP contribution in [0.5, 0.6) is 0 Å². The second-order valence-corrected chi connectivity index (χ2v) is 8.41. The Balaban J connectivity index is 1.92. The summed E-state index contributed by atoms with van der Waals surface area (Å²) in [5.41, 5.74) is 1.07. The first kappa shape index (κ1) is 21.8. The van der Waals surface area contributed by atoms with Gasteiger partial charge in [0.1, 0.15) is 11.4 Å². The maximum absolute atomic E-state index is 12.8. The summed E-state index contributed by atoms with van der Waals surface area (Å²) in [4.78, 5) is 28.4. The standard InChI is InChI=1S/C21H33N3O2S/c1-5-23(6-2)14-10-11-16(3)22-20(26)19-15-27-21(24(19)17(4)25)18-12-8-7-9-13-18/h7-9,12-13,16,19,21H,5-6,10-11,14-15H2,1-4H3,(H,22,26)/p+1/t16-,19-,21+/m0/s1. The van der Waals surface area contributed by atoms with Gasteiger partial charge in [-0.15, -0.1) is 11.8 Å². The predicted molar refractivity (Wildman–Crippen MR) is 112 cm³/mol. The number of hydrogen-bond acceptors (Lipinski definition) is 3. The third-order valence-corrected chi connectivity index (χ3v) is 6.63. The van der Waals surface area contributed by atoms with E-state index in [2.05, 4.69) is 26.1 Å². The molecule has 150 valence electrons. The van der Waals surface area contributed by atoms with Crippen molar-refractivity contribution in [2.45, 2.75) is 58.0 Å². The van der Waals surface area contributed by atoms with Gasteiger partial charge in [-0.05, 0) is 39.2 Å². The molecule has 2 amide bonds. The predicted octanol–water partition coefficient (Wildman–Crippen LogP) is 1.86. The Morgan fingerprint density at radius 1 is 1.26 bits per heavy atom. The molecule has 1 saturated heterocycles. The van der Waals surface area contributed by atoms with Crippen LogP contribution in [0.1, 0.15) is 51.5 Å². The van der Waals surface area contributed by atoms with Crippen LogP contribution in [0.4, 0.5) is 0 Å². The fraction of sp³-hybridized carbons (Fsp3) is 0.619. The van der Waals surface area contributed by atoms with E-state index in [9.17, 15) is 9.59 Å². The molecule has 1 aromatic rings. The molecule has 0 bridgehead atoms. The molecule has 2 rings (SSSR count). The number of nitrogens with one attached hydrogen (secondary N) is 2. The number of amides is 2. The first-order valence-corrected chi connectivity index (χ1v) is 11.1. The average Bonchev–Trinajstić information content (AvgIpc) is 3.11. The highest BCUT2D eigenvalue weighted by molar-refractivity contribution is 7.99. The van der Waals surface area contributed by atoms with Crippen molar-refractivity contribution in [2.75, 3.05) is 25.4 Å². The molecule has 0 unspecified atom stereocenters. The molecule has 0 aromatic heterocycles. The van der Waals surface area contributed by atoms with Crippen molar-refractivity contribution in [3.8, 4) is 0 Å². The second-order valence-electron chi connectivity index (χ2n) is 7.30. The Morgan fingerprint density at radius 3 is 2.52 bits per heavy atom. The molecule has 0 radical (unpaired) electrons. The smallest absolute Gasteiger partial charge is 0.243 e. The van der Waals surface area contributed by atoms with Gasteiger partial charge in [0.2, 0.25) is 11.8 Å². The third-order valence-electron chi connectivity index (χ3n) is 5.31. The van der Waals surface area contributed by atoms with E-state index in [1.807, 2.05) is 30.3 Å². The third kappa shape index (κ3) is 5.98. The van der Waals surface area contributed by atoms with E-state index >= 15 is 0 Å². The Morgan fingerprint density at radius 2 is 1.93 bits per heavy atom. The zero-order chi connectivity index (χ0) is 19.8. The van der Waals surface area contributed by atoms with Crippen LogP contribution in [-0.4, -0.2) is 54.2 Å². The highest BCUT2D eigenvalue weighted by atomic mass is 32.2. The number of thioether (sulfide) groups is 1. The number of nitrogens with zero attached hydrogens (tertiary/aromatic N) is 1. The fourth-order valence-corrected chi connectivity index (χ4v) is 5.12. The first-order valence-electron chi connectivity index (χ1n) is 10.1. The second kappa shape index (κ2) is 10.7.